The molecule has 5 rings (SSSR count). The van der Waals surface area contributed by atoms with E-state index in [2.05, 4.69) is 16.7 Å². The van der Waals surface area contributed by atoms with Crippen LogP contribution in [-0.2, 0) is 9.59 Å². The van der Waals surface area contributed by atoms with Gasteiger partial charge in [-0.05, 0) is 80.4 Å². The molecule has 0 radical (unpaired) electrons. The van der Waals surface area contributed by atoms with Gasteiger partial charge in [-0.2, -0.15) is 5.26 Å². The smallest absolute Gasteiger partial charge is 0.247 e. The number of carbonyl (C=O) groups is 2. The number of benzene rings is 1. The molecular weight excluding hydrogens is 350 g/mol. The molecule has 2 N–H and O–H groups in total. The van der Waals surface area contributed by atoms with Gasteiger partial charge in [0.15, 0.2) is 0 Å². The minimum atomic E-state index is -0.578. The van der Waals surface area contributed by atoms with Crippen LogP contribution in [0, 0.1) is 40.4 Å². The molecule has 148 valence electrons. The van der Waals surface area contributed by atoms with E-state index in [0.717, 1.165) is 19.3 Å². The minimum Gasteiger partial charge on any atom is -0.344 e. The number of nitrogens with one attached hydrogen (secondary N) is 2. The van der Waals surface area contributed by atoms with Gasteiger partial charge in [0.1, 0.15) is 6.04 Å². The van der Waals surface area contributed by atoms with Crippen molar-refractivity contribution in [3.05, 3.63) is 29.8 Å². The number of carbonyl (C=O) groups excluding carboxylic acids is 2. The molecule has 5 heteroatoms. The summed E-state index contributed by atoms with van der Waals surface area (Å²) in [5.74, 6) is 1.91. The molecule has 1 atom stereocenters. The monoisotopic (exact) mass is 379 g/mol. The van der Waals surface area contributed by atoms with Crippen LogP contribution >= 0.6 is 0 Å². The molecule has 28 heavy (non-hydrogen) atoms. The largest absolute Gasteiger partial charge is 0.344 e. The van der Waals surface area contributed by atoms with E-state index in [1.165, 1.54) is 19.3 Å². The lowest BCUT2D eigenvalue weighted by Gasteiger charge is -2.55. The lowest BCUT2D eigenvalue weighted by atomic mass is 9.49. The second-order valence-electron chi connectivity index (χ2n) is 9.57. The Labute approximate surface area is 166 Å². The average Bonchev–Trinajstić information content (AvgIpc) is 2.64. The molecule has 0 aromatic heterocycles. The maximum Gasteiger partial charge on any atom is 0.247 e. The van der Waals surface area contributed by atoms with Crippen LogP contribution in [0.1, 0.15) is 57.9 Å². The first-order valence-corrected chi connectivity index (χ1v) is 10.5. The molecule has 0 spiro atoms. The SMILES string of the molecule is CC(C)[C@H](NC(=O)C12CC3CC(CC(C3)C1)C2)C(=O)Nc1cccc(C#N)c1. The van der Waals surface area contributed by atoms with Gasteiger partial charge in [0.25, 0.3) is 0 Å². The number of hydrogen-bond acceptors (Lipinski definition) is 3. The molecule has 2 amide bonds. The van der Waals surface area contributed by atoms with E-state index in [1.807, 2.05) is 13.8 Å². The molecule has 0 unspecified atom stereocenters. The molecular formula is C23H29N3O2. The number of rotatable bonds is 5. The topological polar surface area (TPSA) is 82.0 Å². The van der Waals surface area contributed by atoms with Crippen LogP contribution in [0.4, 0.5) is 5.69 Å². The first kappa shape index (κ1) is 19.0. The van der Waals surface area contributed by atoms with Gasteiger partial charge < -0.3 is 10.6 Å². The van der Waals surface area contributed by atoms with E-state index < -0.39 is 6.04 Å². The van der Waals surface area contributed by atoms with Crippen molar-refractivity contribution in [2.24, 2.45) is 29.1 Å². The van der Waals surface area contributed by atoms with E-state index in [9.17, 15) is 9.59 Å². The van der Waals surface area contributed by atoms with Crippen molar-refractivity contribution < 1.29 is 9.59 Å². The van der Waals surface area contributed by atoms with Gasteiger partial charge in [-0.15, -0.1) is 0 Å². The zero-order valence-corrected chi connectivity index (χ0v) is 16.7. The standard InChI is InChI=1S/C23H29N3O2/c1-14(2)20(21(27)25-19-5-3-4-15(9-19)13-24)26-22(28)23-10-16-6-17(11-23)8-18(7-16)12-23/h3-5,9,14,16-18,20H,6-8,10-12H2,1-2H3,(H,25,27)(H,26,28)/t16?,17?,18?,20-,23?/m0/s1. The van der Waals surface area contributed by atoms with Crippen molar-refractivity contribution in [1.29, 1.82) is 5.26 Å². The lowest BCUT2D eigenvalue weighted by molar-refractivity contribution is -0.148. The molecule has 4 bridgehead atoms. The van der Waals surface area contributed by atoms with E-state index in [0.29, 0.717) is 29.0 Å². The van der Waals surface area contributed by atoms with Gasteiger partial charge >= 0.3 is 0 Å². The van der Waals surface area contributed by atoms with Crippen LogP contribution in [0.5, 0.6) is 0 Å². The Kier molecular flexibility index (Phi) is 4.91. The fourth-order valence-corrected chi connectivity index (χ4v) is 6.10. The number of nitriles is 1. The van der Waals surface area contributed by atoms with Gasteiger partial charge in [-0.3, -0.25) is 9.59 Å². The predicted molar refractivity (Wildman–Crippen MR) is 107 cm³/mol. The number of hydrogen-bond donors (Lipinski definition) is 2. The van der Waals surface area contributed by atoms with Gasteiger partial charge in [0.05, 0.1) is 11.6 Å². The first-order chi connectivity index (χ1) is 13.4. The van der Waals surface area contributed by atoms with Crippen LogP contribution in [-0.4, -0.2) is 17.9 Å². The highest BCUT2D eigenvalue weighted by atomic mass is 16.2. The summed E-state index contributed by atoms with van der Waals surface area (Å²) >= 11 is 0. The second kappa shape index (κ2) is 7.24. The maximum atomic E-state index is 13.3. The Bertz CT molecular complexity index is 788. The normalized spacial score (nSPS) is 31.3. The van der Waals surface area contributed by atoms with Crippen LogP contribution < -0.4 is 10.6 Å². The second-order valence-corrected chi connectivity index (χ2v) is 9.57. The summed E-state index contributed by atoms with van der Waals surface area (Å²) < 4.78 is 0. The molecule has 0 saturated heterocycles. The molecule has 4 aliphatic rings. The molecule has 4 aliphatic carbocycles. The van der Waals surface area contributed by atoms with Crippen LogP contribution in [0.3, 0.4) is 0 Å². The Balaban J connectivity index is 1.47. The molecule has 1 aromatic rings. The summed E-state index contributed by atoms with van der Waals surface area (Å²) in [6, 6.07) is 8.35. The third kappa shape index (κ3) is 3.53. The molecule has 4 fully saturated rings. The lowest BCUT2D eigenvalue weighted by Crippen LogP contribution is -2.57. The molecule has 5 nitrogen and oxygen atoms in total. The van der Waals surface area contributed by atoms with E-state index in [1.54, 1.807) is 24.3 Å². The van der Waals surface area contributed by atoms with Crippen molar-refractivity contribution in [2.45, 2.75) is 58.4 Å². The van der Waals surface area contributed by atoms with Crippen molar-refractivity contribution in [3.8, 4) is 6.07 Å². The van der Waals surface area contributed by atoms with Crippen molar-refractivity contribution in [1.82, 2.24) is 5.32 Å². The third-order valence-corrected chi connectivity index (χ3v) is 7.01. The Morgan fingerprint density at radius 1 is 1.11 bits per heavy atom. The summed E-state index contributed by atoms with van der Waals surface area (Å²) in [5, 5.41) is 15.0. The zero-order chi connectivity index (χ0) is 19.9. The van der Waals surface area contributed by atoms with E-state index >= 15 is 0 Å². The molecule has 0 heterocycles. The highest BCUT2D eigenvalue weighted by Gasteiger charge is 2.55. The van der Waals surface area contributed by atoms with Crippen molar-refractivity contribution in [3.63, 3.8) is 0 Å². The fraction of sp³-hybridized carbons (Fsp3) is 0.609. The Hall–Kier alpha value is -2.35. The van der Waals surface area contributed by atoms with E-state index in [4.69, 9.17) is 5.26 Å². The highest BCUT2D eigenvalue weighted by Crippen LogP contribution is 2.60. The maximum absolute atomic E-state index is 13.3. The predicted octanol–water partition coefficient (Wildman–Crippen LogP) is 3.85. The van der Waals surface area contributed by atoms with E-state index in [-0.39, 0.29) is 23.1 Å². The summed E-state index contributed by atoms with van der Waals surface area (Å²) in [6.07, 6.45) is 6.83. The van der Waals surface area contributed by atoms with Crippen LogP contribution in [0.15, 0.2) is 24.3 Å². The number of amides is 2. The number of nitrogens with zero attached hydrogens (tertiary/aromatic N) is 1. The average molecular weight is 380 g/mol. The quantitative estimate of drug-likeness (QED) is 0.815. The molecule has 4 saturated carbocycles. The van der Waals surface area contributed by atoms with Crippen molar-refractivity contribution >= 4 is 17.5 Å². The Morgan fingerprint density at radius 2 is 1.71 bits per heavy atom. The van der Waals surface area contributed by atoms with Crippen molar-refractivity contribution in [2.75, 3.05) is 5.32 Å². The third-order valence-electron chi connectivity index (χ3n) is 7.01. The first-order valence-electron chi connectivity index (χ1n) is 10.5. The Morgan fingerprint density at radius 3 is 2.25 bits per heavy atom. The minimum absolute atomic E-state index is 0.0167. The van der Waals surface area contributed by atoms with Crippen LogP contribution in [0.25, 0.3) is 0 Å². The highest BCUT2D eigenvalue weighted by molar-refractivity contribution is 5.98. The summed E-state index contributed by atoms with van der Waals surface area (Å²) in [7, 11) is 0. The van der Waals surface area contributed by atoms with Gasteiger partial charge in [0, 0.05) is 11.1 Å². The van der Waals surface area contributed by atoms with Gasteiger partial charge in [0.2, 0.25) is 11.8 Å². The van der Waals surface area contributed by atoms with Gasteiger partial charge in [-0.25, -0.2) is 0 Å². The zero-order valence-electron chi connectivity index (χ0n) is 16.7. The molecule has 1 aromatic carbocycles. The summed E-state index contributed by atoms with van der Waals surface area (Å²) in [5.41, 5.74) is 0.818. The van der Waals surface area contributed by atoms with Gasteiger partial charge in [-0.1, -0.05) is 19.9 Å². The summed E-state index contributed by atoms with van der Waals surface area (Å²) in [6.45, 7) is 3.91. The van der Waals surface area contributed by atoms with Crippen LogP contribution in [0.2, 0.25) is 0 Å². The fourth-order valence-electron chi connectivity index (χ4n) is 6.10. The molecule has 0 aliphatic heterocycles. The number of anilines is 1. The summed E-state index contributed by atoms with van der Waals surface area (Å²) in [4.78, 5) is 26.2.